The second-order valence-corrected chi connectivity index (χ2v) is 5.48. The number of benzene rings is 1. The summed E-state index contributed by atoms with van der Waals surface area (Å²) < 4.78 is 13.2. The molecule has 0 aliphatic heterocycles. The Balaban J connectivity index is 2.03. The van der Waals surface area contributed by atoms with Crippen LogP contribution >= 0.6 is 11.6 Å². The quantitative estimate of drug-likeness (QED) is 0.816. The van der Waals surface area contributed by atoms with E-state index in [1.807, 2.05) is 0 Å². The Hall–Kier alpha value is -1.52. The van der Waals surface area contributed by atoms with E-state index >= 15 is 0 Å². The van der Waals surface area contributed by atoms with E-state index in [9.17, 15) is 4.39 Å². The average molecular weight is 292 g/mol. The van der Waals surface area contributed by atoms with Gasteiger partial charge in [0.2, 0.25) is 0 Å². The van der Waals surface area contributed by atoms with E-state index in [1.54, 1.807) is 18.3 Å². The van der Waals surface area contributed by atoms with E-state index in [4.69, 9.17) is 17.3 Å². The lowest BCUT2D eigenvalue weighted by Gasteiger charge is -2.12. The van der Waals surface area contributed by atoms with Crippen LogP contribution in [0, 0.1) is 5.82 Å². The zero-order chi connectivity index (χ0) is 14.1. The van der Waals surface area contributed by atoms with Gasteiger partial charge < -0.3 is 5.73 Å². The lowest BCUT2D eigenvalue weighted by atomic mass is 10.1. The fourth-order valence-corrected chi connectivity index (χ4v) is 2.70. The van der Waals surface area contributed by atoms with Crippen molar-refractivity contribution in [2.75, 3.05) is 0 Å². The largest absolute Gasteiger partial charge is 0.324 e. The number of nitrogens with two attached hydrogens (primary N) is 1. The Morgan fingerprint density at radius 3 is 2.95 bits per heavy atom. The topological polar surface area (TPSA) is 51.8 Å². The first-order chi connectivity index (χ1) is 9.65. The summed E-state index contributed by atoms with van der Waals surface area (Å²) in [7, 11) is 0. The number of aromatic nitrogens is 2. The first-order valence-electron chi connectivity index (χ1n) is 6.72. The maximum Gasteiger partial charge on any atom is 0.159 e. The predicted octanol–water partition coefficient (Wildman–Crippen LogP) is 3.66. The molecule has 3 nitrogen and oxygen atoms in total. The van der Waals surface area contributed by atoms with Crippen LogP contribution in [0.5, 0.6) is 0 Å². The van der Waals surface area contributed by atoms with Gasteiger partial charge in [-0.2, -0.15) is 0 Å². The van der Waals surface area contributed by atoms with Gasteiger partial charge in [-0.1, -0.05) is 18.0 Å². The number of hydrogen-bond donors (Lipinski definition) is 1. The van der Waals surface area contributed by atoms with E-state index in [-0.39, 0.29) is 11.1 Å². The van der Waals surface area contributed by atoms with E-state index in [0.29, 0.717) is 5.82 Å². The molecule has 0 fully saturated rings. The van der Waals surface area contributed by atoms with E-state index in [1.165, 1.54) is 6.07 Å². The van der Waals surface area contributed by atoms with Crippen molar-refractivity contribution in [3.63, 3.8) is 0 Å². The van der Waals surface area contributed by atoms with Gasteiger partial charge in [0.15, 0.2) is 5.82 Å². The summed E-state index contributed by atoms with van der Waals surface area (Å²) in [6.07, 6.45) is 5.87. The molecule has 1 heterocycles. The van der Waals surface area contributed by atoms with Crippen LogP contribution < -0.4 is 5.73 Å². The van der Waals surface area contributed by atoms with Gasteiger partial charge in [-0.15, -0.1) is 0 Å². The van der Waals surface area contributed by atoms with Crippen LogP contribution in [0.15, 0.2) is 24.4 Å². The zero-order valence-electron chi connectivity index (χ0n) is 10.9. The summed E-state index contributed by atoms with van der Waals surface area (Å²) in [6, 6.07) is 4.53. The lowest BCUT2D eigenvalue weighted by Crippen LogP contribution is -2.12. The first-order valence-corrected chi connectivity index (χ1v) is 7.10. The third-order valence-corrected chi connectivity index (χ3v) is 3.95. The highest BCUT2D eigenvalue weighted by atomic mass is 35.5. The molecule has 0 spiro atoms. The average Bonchev–Trinajstić information content (AvgIpc) is 2.63. The number of fused-ring (bicyclic) bond motifs is 1. The first kappa shape index (κ1) is 13.5. The van der Waals surface area contributed by atoms with Crippen LogP contribution in [-0.2, 0) is 6.42 Å². The Bertz CT molecular complexity index is 645. The van der Waals surface area contributed by atoms with E-state index < -0.39 is 5.82 Å². The van der Waals surface area contributed by atoms with Gasteiger partial charge in [0, 0.05) is 29.1 Å². The normalized spacial score (nSPS) is 18.4. The number of nitrogens with zero attached hydrogens (tertiary/aromatic N) is 2. The van der Waals surface area contributed by atoms with Crippen molar-refractivity contribution >= 4 is 11.6 Å². The van der Waals surface area contributed by atoms with Crippen molar-refractivity contribution in [1.82, 2.24) is 9.97 Å². The molecule has 2 aromatic rings. The maximum absolute atomic E-state index is 13.2. The van der Waals surface area contributed by atoms with Gasteiger partial charge in [-0.05, 0) is 37.5 Å². The third kappa shape index (κ3) is 2.53. The van der Waals surface area contributed by atoms with Gasteiger partial charge in [0.25, 0.3) is 0 Å². The van der Waals surface area contributed by atoms with Crippen LogP contribution in [-0.4, -0.2) is 9.97 Å². The molecular formula is C15H15ClFN3. The Kier molecular flexibility index (Phi) is 3.68. The molecule has 1 aromatic heterocycles. The number of aryl methyl sites for hydroxylation is 1. The fraction of sp³-hybridized carbons (Fsp3) is 0.333. The summed E-state index contributed by atoms with van der Waals surface area (Å²) in [6.45, 7) is 0. The van der Waals surface area contributed by atoms with Gasteiger partial charge >= 0.3 is 0 Å². The minimum Gasteiger partial charge on any atom is -0.324 e. The zero-order valence-corrected chi connectivity index (χ0v) is 11.7. The molecule has 0 amide bonds. The highest BCUT2D eigenvalue weighted by molar-refractivity contribution is 6.31. The molecule has 1 atom stereocenters. The SMILES string of the molecule is NC1CCCCc2nc(-c3ccc(F)c(Cl)c3)ncc21. The van der Waals surface area contributed by atoms with Crippen molar-refractivity contribution in [2.45, 2.75) is 31.7 Å². The molecule has 1 aromatic carbocycles. The van der Waals surface area contributed by atoms with E-state index in [0.717, 1.165) is 42.5 Å². The molecule has 0 saturated heterocycles. The van der Waals surface area contributed by atoms with Gasteiger partial charge in [-0.3, -0.25) is 0 Å². The van der Waals surface area contributed by atoms with Crippen LogP contribution in [0.1, 0.15) is 36.6 Å². The highest BCUT2D eigenvalue weighted by Crippen LogP contribution is 2.28. The standard InChI is InChI=1S/C15H15ClFN3/c16-11-7-9(5-6-12(11)17)15-19-8-10-13(18)3-1-2-4-14(10)20-15/h5-8,13H,1-4,18H2. The minimum atomic E-state index is -0.438. The van der Waals surface area contributed by atoms with Crippen molar-refractivity contribution in [1.29, 1.82) is 0 Å². The van der Waals surface area contributed by atoms with Crippen molar-refractivity contribution < 1.29 is 4.39 Å². The smallest absolute Gasteiger partial charge is 0.159 e. The van der Waals surface area contributed by atoms with Gasteiger partial charge in [0.1, 0.15) is 5.82 Å². The molecule has 3 rings (SSSR count). The molecule has 2 N–H and O–H groups in total. The lowest BCUT2D eigenvalue weighted by molar-refractivity contribution is 0.614. The summed E-state index contributed by atoms with van der Waals surface area (Å²) >= 11 is 5.81. The van der Waals surface area contributed by atoms with Crippen molar-refractivity contribution in [3.8, 4) is 11.4 Å². The van der Waals surface area contributed by atoms with Gasteiger partial charge in [0.05, 0.1) is 5.02 Å². The number of halogens is 2. The van der Waals surface area contributed by atoms with Crippen LogP contribution in [0.4, 0.5) is 4.39 Å². The molecule has 0 bridgehead atoms. The van der Waals surface area contributed by atoms with Gasteiger partial charge in [-0.25, -0.2) is 14.4 Å². The molecular weight excluding hydrogens is 277 g/mol. The minimum absolute atomic E-state index is 0.0124. The molecule has 0 radical (unpaired) electrons. The van der Waals surface area contributed by atoms with Crippen LogP contribution in [0.2, 0.25) is 5.02 Å². The summed E-state index contributed by atoms with van der Waals surface area (Å²) in [4.78, 5) is 8.95. The molecule has 1 unspecified atom stereocenters. The molecule has 20 heavy (non-hydrogen) atoms. The molecule has 0 saturated carbocycles. The maximum atomic E-state index is 13.2. The van der Waals surface area contributed by atoms with Crippen LogP contribution in [0.25, 0.3) is 11.4 Å². The van der Waals surface area contributed by atoms with Crippen molar-refractivity contribution in [2.24, 2.45) is 5.73 Å². The summed E-state index contributed by atoms with van der Waals surface area (Å²) in [5, 5.41) is 0.0812. The van der Waals surface area contributed by atoms with E-state index in [2.05, 4.69) is 9.97 Å². The second kappa shape index (κ2) is 5.46. The molecule has 5 heteroatoms. The Morgan fingerprint density at radius 2 is 2.15 bits per heavy atom. The van der Waals surface area contributed by atoms with Crippen LogP contribution in [0.3, 0.4) is 0 Å². The molecule has 1 aliphatic rings. The Labute approximate surface area is 122 Å². The second-order valence-electron chi connectivity index (χ2n) is 5.08. The molecule has 104 valence electrons. The summed E-state index contributed by atoms with van der Waals surface area (Å²) in [5.74, 6) is 0.131. The molecule has 1 aliphatic carbocycles. The number of hydrogen-bond acceptors (Lipinski definition) is 3. The highest BCUT2D eigenvalue weighted by Gasteiger charge is 2.18. The number of rotatable bonds is 1. The van der Waals surface area contributed by atoms with Crippen molar-refractivity contribution in [3.05, 3.63) is 46.5 Å². The predicted molar refractivity (Wildman–Crippen MR) is 76.9 cm³/mol. The fourth-order valence-electron chi connectivity index (χ4n) is 2.52. The Morgan fingerprint density at radius 1 is 1.30 bits per heavy atom. The third-order valence-electron chi connectivity index (χ3n) is 3.66. The summed E-state index contributed by atoms with van der Waals surface area (Å²) in [5.41, 5.74) is 8.88. The monoisotopic (exact) mass is 291 g/mol.